The minimum atomic E-state index is -0.338. The summed E-state index contributed by atoms with van der Waals surface area (Å²) in [6.07, 6.45) is -0.671. The first kappa shape index (κ1) is 20.8. The van der Waals surface area contributed by atoms with E-state index in [9.17, 15) is 0 Å². The fraction of sp³-hybridized carbons (Fsp3) is 0.478. The molecule has 2 aromatic carbocycles. The fourth-order valence-corrected chi connectivity index (χ4v) is 3.62. The lowest BCUT2D eigenvalue weighted by molar-refractivity contribution is -0.221. The van der Waals surface area contributed by atoms with Gasteiger partial charge in [-0.3, -0.25) is 0 Å². The predicted octanol–water partition coefficient (Wildman–Crippen LogP) is 4.12. The standard InChI is InChI=1S/C23H28O7/c1-14-15(2)23(27-12-17-6-8-19-21(10-17)29-13-28-19)30-22(14)26-11-16-5-7-18(24-3)20(9-16)25-4/h5-10,14-15,22-23H,11-13H2,1-4H3. The molecule has 0 amide bonds. The molecule has 0 bridgehead atoms. The molecule has 4 unspecified atom stereocenters. The molecule has 7 nitrogen and oxygen atoms in total. The molecule has 162 valence electrons. The molecule has 1 fully saturated rings. The zero-order valence-electron chi connectivity index (χ0n) is 17.8. The summed E-state index contributed by atoms with van der Waals surface area (Å²) in [5, 5.41) is 0. The van der Waals surface area contributed by atoms with Crippen LogP contribution in [0.1, 0.15) is 25.0 Å². The Labute approximate surface area is 176 Å². The van der Waals surface area contributed by atoms with Gasteiger partial charge in [0.1, 0.15) is 0 Å². The second kappa shape index (κ2) is 9.12. The van der Waals surface area contributed by atoms with Crippen LogP contribution in [-0.4, -0.2) is 33.6 Å². The molecule has 4 atom stereocenters. The largest absolute Gasteiger partial charge is 0.493 e. The first-order valence-corrected chi connectivity index (χ1v) is 10.1. The van der Waals surface area contributed by atoms with Gasteiger partial charge in [-0.2, -0.15) is 0 Å². The van der Waals surface area contributed by atoms with Gasteiger partial charge >= 0.3 is 0 Å². The van der Waals surface area contributed by atoms with Crippen LogP contribution in [0.25, 0.3) is 0 Å². The van der Waals surface area contributed by atoms with Crippen LogP contribution in [0.3, 0.4) is 0 Å². The van der Waals surface area contributed by atoms with Gasteiger partial charge in [-0.05, 0) is 35.4 Å². The summed E-state index contributed by atoms with van der Waals surface area (Å²) in [6, 6.07) is 11.6. The van der Waals surface area contributed by atoms with Crippen molar-refractivity contribution < 1.29 is 33.2 Å². The van der Waals surface area contributed by atoms with Crippen LogP contribution < -0.4 is 18.9 Å². The van der Waals surface area contributed by atoms with Gasteiger partial charge in [0, 0.05) is 11.8 Å². The Bertz CT molecular complexity index is 869. The molecule has 0 N–H and O–H groups in total. The van der Waals surface area contributed by atoms with E-state index >= 15 is 0 Å². The highest BCUT2D eigenvalue weighted by atomic mass is 16.8. The summed E-state index contributed by atoms with van der Waals surface area (Å²) in [5.74, 6) is 3.29. The van der Waals surface area contributed by atoms with Gasteiger partial charge in [0.2, 0.25) is 6.79 Å². The van der Waals surface area contributed by atoms with Crippen LogP contribution in [0.15, 0.2) is 36.4 Å². The van der Waals surface area contributed by atoms with Crippen LogP contribution in [0.5, 0.6) is 23.0 Å². The maximum absolute atomic E-state index is 6.07. The van der Waals surface area contributed by atoms with Gasteiger partial charge in [-0.1, -0.05) is 26.0 Å². The lowest BCUT2D eigenvalue weighted by atomic mass is 9.98. The van der Waals surface area contributed by atoms with Gasteiger partial charge in [0.05, 0.1) is 27.4 Å². The van der Waals surface area contributed by atoms with Gasteiger partial charge in [-0.25, -0.2) is 0 Å². The van der Waals surface area contributed by atoms with E-state index in [1.54, 1.807) is 14.2 Å². The van der Waals surface area contributed by atoms with E-state index in [2.05, 4.69) is 13.8 Å². The summed E-state index contributed by atoms with van der Waals surface area (Å²) < 4.78 is 39.6. The Hall–Kier alpha value is -2.48. The maximum atomic E-state index is 6.07. The second-order valence-electron chi connectivity index (χ2n) is 7.59. The molecular formula is C23H28O7. The highest BCUT2D eigenvalue weighted by Gasteiger charge is 2.40. The minimum Gasteiger partial charge on any atom is -0.493 e. The lowest BCUT2D eigenvalue weighted by Gasteiger charge is -2.17. The molecule has 0 aromatic heterocycles. The Morgan fingerprint density at radius 3 is 2.03 bits per heavy atom. The van der Waals surface area contributed by atoms with Crippen molar-refractivity contribution in [3.8, 4) is 23.0 Å². The summed E-state index contributed by atoms with van der Waals surface area (Å²) in [4.78, 5) is 0. The topological polar surface area (TPSA) is 64.6 Å². The second-order valence-corrected chi connectivity index (χ2v) is 7.59. The van der Waals surface area contributed by atoms with E-state index in [0.29, 0.717) is 24.7 Å². The number of hydrogen-bond acceptors (Lipinski definition) is 7. The highest BCUT2D eigenvalue weighted by Crippen LogP contribution is 2.36. The van der Waals surface area contributed by atoms with Crippen molar-refractivity contribution in [2.75, 3.05) is 21.0 Å². The van der Waals surface area contributed by atoms with E-state index < -0.39 is 0 Å². The monoisotopic (exact) mass is 416 g/mol. The molecule has 0 radical (unpaired) electrons. The van der Waals surface area contributed by atoms with Crippen molar-refractivity contribution in [1.29, 1.82) is 0 Å². The Balaban J connectivity index is 1.32. The zero-order chi connectivity index (χ0) is 21.1. The van der Waals surface area contributed by atoms with E-state index in [1.807, 2.05) is 36.4 Å². The van der Waals surface area contributed by atoms with Crippen molar-refractivity contribution >= 4 is 0 Å². The fourth-order valence-electron chi connectivity index (χ4n) is 3.62. The van der Waals surface area contributed by atoms with Crippen LogP contribution in [-0.2, 0) is 27.4 Å². The maximum Gasteiger partial charge on any atom is 0.231 e. The van der Waals surface area contributed by atoms with Crippen LogP contribution >= 0.6 is 0 Å². The van der Waals surface area contributed by atoms with E-state index in [-0.39, 0.29) is 31.2 Å². The molecule has 4 rings (SSSR count). The third kappa shape index (κ3) is 4.33. The average molecular weight is 416 g/mol. The van der Waals surface area contributed by atoms with E-state index in [0.717, 1.165) is 22.6 Å². The smallest absolute Gasteiger partial charge is 0.231 e. The normalized spacial score (nSPS) is 24.8. The first-order chi connectivity index (χ1) is 14.6. The SMILES string of the molecule is COc1ccc(COC2OC(OCc3ccc4c(c3)OCO4)C(C)C2C)cc1OC. The van der Waals surface area contributed by atoms with Crippen LogP contribution in [0.4, 0.5) is 0 Å². The van der Waals surface area contributed by atoms with Crippen LogP contribution in [0, 0.1) is 11.8 Å². The summed E-state index contributed by atoms with van der Waals surface area (Å²) >= 11 is 0. The minimum absolute atomic E-state index is 0.201. The molecule has 2 aliphatic rings. The number of methoxy groups -OCH3 is 2. The average Bonchev–Trinajstić information content (AvgIpc) is 3.35. The Morgan fingerprint density at radius 2 is 1.37 bits per heavy atom. The zero-order valence-corrected chi connectivity index (χ0v) is 17.8. The van der Waals surface area contributed by atoms with Crippen molar-refractivity contribution in [3.05, 3.63) is 47.5 Å². The molecule has 2 heterocycles. The summed E-state index contributed by atoms with van der Waals surface area (Å²) in [5.41, 5.74) is 2.00. The number of rotatable bonds is 8. The Morgan fingerprint density at radius 1 is 0.767 bits per heavy atom. The quantitative estimate of drug-likeness (QED) is 0.641. The van der Waals surface area contributed by atoms with E-state index in [4.69, 9.17) is 33.2 Å². The molecule has 2 aromatic rings. The van der Waals surface area contributed by atoms with Crippen LogP contribution in [0.2, 0.25) is 0 Å². The summed E-state index contributed by atoms with van der Waals surface area (Å²) in [6.45, 7) is 5.35. The molecule has 7 heteroatoms. The van der Waals surface area contributed by atoms with Crippen molar-refractivity contribution in [3.63, 3.8) is 0 Å². The third-order valence-electron chi connectivity index (χ3n) is 5.67. The molecule has 0 saturated carbocycles. The molecule has 2 aliphatic heterocycles. The predicted molar refractivity (Wildman–Crippen MR) is 109 cm³/mol. The van der Waals surface area contributed by atoms with Crippen molar-refractivity contribution in [2.45, 2.75) is 39.6 Å². The molecular weight excluding hydrogens is 388 g/mol. The number of benzene rings is 2. The van der Waals surface area contributed by atoms with Crippen molar-refractivity contribution in [1.82, 2.24) is 0 Å². The van der Waals surface area contributed by atoms with Gasteiger partial charge in [0.25, 0.3) is 0 Å². The van der Waals surface area contributed by atoms with Gasteiger partial charge in [-0.15, -0.1) is 0 Å². The highest BCUT2D eigenvalue weighted by molar-refractivity contribution is 5.44. The number of fused-ring (bicyclic) bond motifs is 1. The number of ether oxygens (including phenoxy) is 7. The molecule has 30 heavy (non-hydrogen) atoms. The molecule has 0 aliphatic carbocycles. The van der Waals surface area contributed by atoms with Crippen molar-refractivity contribution in [2.24, 2.45) is 11.8 Å². The number of hydrogen-bond donors (Lipinski definition) is 0. The Kier molecular flexibility index (Phi) is 6.32. The molecule has 0 spiro atoms. The summed E-state index contributed by atoms with van der Waals surface area (Å²) in [7, 11) is 3.24. The first-order valence-electron chi connectivity index (χ1n) is 10.1. The lowest BCUT2D eigenvalue weighted by Crippen LogP contribution is -2.19. The van der Waals surface area contributed by atoms with E-state index in [1.165, 1.54) is 0 Å². The molecule has 1 saturated heterocycles. The third-order valence-corrected chi connectivity index (χ3v) is 5.67. The van der Waals surface area contributed by atoms with Gasteiger partial charge < -0.3 is 33.2 Å². The van der Waals surface area contributed by atoms with Gasteiger partial charge in [0.15, 0.2) is 35.6 Å².